The third-order valence-electron chi connectivity index (χ3n) is 4.81. The normalized spacial score (nSPS) is 12.1. The molecule has 32 heavy (non-hydrogen) atoms. The third-order valence-corrected chi connectivity index (χ3v) is 6.19. The van der Waals surface area contributed by atoms with Crippen LogP contribution in [0.5, 0.6) is 0 Å². The summed E-state index contributed by atoms with van der Waals surface area (Å²) in [5, 5.41) is 13.8. The van der Waals surface area contributed by atoms with Crippen LogP contribution in [0, 0.1) is 22.9 Å². The largest absolute Gasteiger partial charge is 0.345 e. The number of benzene rings is 3. The van der Waals surface area contributed by atoms with Crippen molar-refractivity contribution < 1.29 is 22.5 Å². The van der Waals surface area contributed by atoms with Gasteiger partial charge in [0.15, 0.2) is 0 Å². The van der Waals surface area contributed by atoms with Crippen molar-refractivity contribution in [2.24, 2.45) is 0 Å². The Kier molecular flexibility index (Phi) is 6.54. The van der Waals surface area contributed by atoms with Crippen molar-refractivity contribution in [2.45, 2.75) is 24.8 Å². The molecule has 0 unspecified atom stereocenters. The van der Waals surface area contributed by atoms with Crippen LogP contribution in [0.25, 0.3) is 0 Å². The lowest BCUT2D eigenvalue weighted by molar-refractivity contribution is -0.385. The van der Waals surface area contributed by atoms with Gasteiger partial charge in [-0.15, -0.1) is 0 Å². The van der Waals surface area contributed by atoms with Crippen LogP contribution in [0.15, 0.2) is 71.6 Å². The van der Waals surface area contributed by atoms with Crippen LogP contribution in [0.1, 0.15) is 34.5 Å². The Morgan fingerprint density at radius 3 is 2.34 bits per heavy atom. The molecule has 0 heterocycles. The Labute approximate surface area is 184 Å². The second-order valence-corrected chi connectivity index (χ2v) is 8.79. The minimum absolute atomic E-state index is 0.173. The number of rotatable bonds is 7. The number of halogens is 1. The van der Waals surface area contributed by atoms with Crippen molar-refractivity contribution in [1.82, 2.24) is 5.32 Å². The SMILES string of the molecule is Cc1ccc(S(=O)(=O)Nc2ccc(C(=O)N[C@@H](C)c3ccccc3F)cc2)cc1[N+](=O)[O-]. The van der Waals surface area contributed by atoms with Crippen LogP contribution in [0.2, 0.25) is 0 Å². The van der Waals surface area contributed by atoms with Gasteiger partial charge in [0.25, 0.3) is 21.6 Å². The number of hydrogen-bond donors (Lipinski definition) is 2. The van der Waals surface area contributed by atoms with Crippen LogP contribution in [0.3, 0.4) is 0 Å². The average Bonchev–Trinajstić information content (AvgIpc) is 2.74. The number of nitro groups is 1. The van der Waals surface area contributed by atoms with E-state index in [0.717, 1.165) is 6.07 Å². The summed E-state index contributed by atoms with van der Waals surface area (Å²) >= 11 is 0. The topological polar surface area (TPSA) is 118 Å². The zero-order valence-corrected chi connectivity index (χ0v) is 18.0. The summed E-state index contributed by atoms with van der Waals surface area (Å²) in [4.78, 5) is 22.6. The summed E-state index contributed by atoms with van der Waals surface area (Å²) in [6.45, 7) is 3.17. The standard InChI is InChI=1S/C22H20FN3O5S/c1-14-7-12-18(13-21(14)26(28)29)32(30,31)25-17-10-8-16(9-11-17)22(27)24-15(2)19-5-3-4-6-20(19)23/h3-13,15,25H,1-2H3,(H,24,27)/t15-/m0/s1. The van der Waals surface area contributed by atoms with Crippen molar-refractivity contribution in [2.75, 3.05) is 4.72 Å². The highest BCUT2D eigenvalue weighted by Gasteiger charge is 2.20. The molecule has 3 aromatic carbocycles. The number of nitrogens with one attached hydrogen (secondary N) is 2. The van der Waals surface area contributed by atoms with Crippen LogP contribution >= 0.6 is 0 Å². The van der Waals surface area contributed by atoms with Crippen molar-refractivity contribution in [3.63, 3.8) is 0 Å². The highest BCUT2D eigenvalue weighted by Crippen LogP contribution is 2.24. The fraction of sp³-hybridized carbons (Fsp3) is 0.136. The van der Waals surface area contributed by atoms with Crippen molar-refractivity contribution in [1.29, 1.82) is 0 Å². The molecule has 166 valence electrons. The molecule has 2 N–H and O–H groups in total. The number of amides is 1. The molecule has 0 aliphatic heterocycles. The molecule has 1 atom stereocenters. The quantitative estimate of drug-likeness (QED) is 0.404. The molecule has 1 amide bonds. The van der Waals surface area contributed by atoms with Gasteiger partial charge >= 0.3 is 0 Å². The Hall–Kier alpha value is -3.79. The van der Waals surface area contributed by atoms with Gasteiger partial charge in [0.1, 0.15) is 5.82 Å². The highest BCUT2D eigenvalue weighted by molar-refractivity contribution is 7.92. The first-order valence-corrected chi connectivity index (χ1v) is 11.0. The number of carbonyl (C=O) groups excluding carboxylic acids is 1. The van der Waals surface area contributed by atoms with Gasteiger partial charge in [0, 0.05) is 28.4 Å². The van der Waals surface area contributed by atoms with Crippen LogP contribution in [-0.2, 0) is 10.0 Å². The molecule has 3 rings (SSSR count). The van der Waals surface area contributed by atoms with Gasteiger partial charge in [0.05, 0.1) is 15.9 Å². The maximum absolute atomic E-state index is 13.9. The van der Waals surface area contributed by atoms with E-state index >= 15 is 0 Å². The monoisotopic (exact) mass is 457 g/mol. The number of nitro benzene ring substituents is 1. The Bertz CT molecular complexity index is 1280. The maximum atomic E-state index is 13.9. The third kappa shape index (κ3) is 5.09. The van der Waals surface area contributed by atoms with Gasteiger partial charge in [-0.05, 0) is 50.2 Å². The lowest BCUT2D eigenvalue weighted by atomic mass is 10.1. The van der Waals surface area contributed by atoms with Crippen LogP contribution < -0.4 is 10.0 Å². The number of hydrogen-bond acceptors (Lipinski definition) is 5. The van der Waals surface area contributed by atoms with E-state index in [1.165, 1.54) is 49.4 Å². The molecule has 0 spiro atoms. The molecular weight excluding hydrogens is 437 g/mol. The molecule has 0 fully saturated rings. The fourth-order valence-corrected chi connectivity index (χ4v) is 4.12. The van der Waals surface area contributed by atoms with Gasteiger partial charge in [0.2, 0.25) is 0 Å². The molecule has 0 saturated carbocycles. The fourth-order valence-electron chi connectivity index (χ4n) is 3.04. The van der Waals surface area contributed by atoms with Gasteiger partial charge in [-0.1, -0.05) is 24.3 Å². The molecule has 0 aliphatic carbocycles. The molecule has 10 heteroatoms. The molecule has 0 radical (unpaired) electrons. The van der Waals surface area contributed by atoms with Gasteiger partial charge in [-0.2, -0.15) is 0 Å². The Morgan fingerprint density at radius 2 is 1.72 bits per heavy atom. The van der Waals surface area contributed by atoms with E-state index in [4.69, 9.17) is 0 Å². The number of sulfonamides is 1. The van der Waals surface area contributed by atoms with E-state index in [1.54, 1.807) is 25.1 Å². The number of nitrogens with zero attached hydrogens (tertiary/aromatic N) is 1. The molecule has 3 aromatic rings. The van der Waals surface area contributed by atoms with Crippen molar-refractivity contribution >= 4 is 27.3 Å². The second kappa shape index (κ2) is 9.15. The summed E-state index contributed by atoms with van der Waals surface area (Å²) in [5.41, 5.74) is 0.809. The summed E-state index contributed by atoms with van der Waals surface area (Å²) in [7, 11) is -4.08. The van der Waals surface area contributed by atoms with Crippen LogP contribution in [0.4, 0.5) is 15.8 Å². The molecule has 0 saturated heterocycles. The summed E-state index contributed by atoms with van der Waals surface area (Å²) < 4.78 is 41.4. The summed E-state index contributed by atoms with van der Waals surface area (Å²) in [5.74, 6) is -0.884. The Balaban J connectivity index is 1.73. The van der Waals surface area contributed by atoms with Crippen molar-refractivity contribution in [3.05, 3.63) is 99.4 Å². The van der Waals surface area contributed by atoms with E-state index in [9.17, 15) is 27.7 Å². The first-order chi connectivity index (χ1) is 15.1. The zero-order valence-electron chi connectivity index (χ0n) is 17.2. The molecule has 0 bridgehead atoms. The lowest BCUT2D eigenvalue weighted by Gasteiger charge is -2.15. The molecule has 8 nitrogen and oxygen atoms in total. The maximum Gasteiger partial charge on any atom is 0.273 e. The number of carbonyl (C=O) groups is 1. The second-order valence-electron chi connectivity index (χ2n) is 7.10. The average molecular weight is 457 g/mol. The minimum atomic E-state index is -4.08. The molecule has 0 aromatic heterocycles. The number of anilines is 1. The summed E-state index contributed by atoms with van der Waals surface area (Å²) in [6, 6.07) is 14.8. The van der Waals surface area contributed by atoms with E-state index in [2.05, 4.69) is 10.0 Å². The highest BCUT2D eigenvalue weighted by atomic mass is 32.2. The minimum Gasteiger partial charge on any atom is -0.345 e. The van der Waals surface area contributed by atoms with Gasteiger partial charge in [-0.3, -0.25) is 19.6 Å². The van der Waals surface area contributed by atoms with E-state index in [0.29, 0.717) is 11.1 Å². The molecule has 0 aliphatic rings. The first-order valence-electron chi connectivity index (χ1n) is 9.51. The predicted octanol–water partition coefficient (Wildman–Crippen LogP) is 4.33. The first kappa shape index (κ1) is 22.9. The predicted molar refractivity (Wildman–Crippen MR) is 117 cm³/mol. The lowest BCUT2D eigenvalue weighted by Crippen LogP contribution is -2.27. The van der Waals surface area contributed by atoms with E-state index in [1.807, 2.05) is 0 Å². The smallest absolute Gasteiger partial charge is 0.273 e. The molecular formula is C22H20FN3O5S. The van der Waals surface area contributed by atoms with E-state index < -0.39 is 32.7 Å². The van der Waals surface area contributed by atoms with E-state index in [-0.39, 0.29) is 21.8 Å². The van der Waals surface area contributed by atoms with Gasteiger partial charge in [-0.25, -0.2) is 12.8 Å². The number of aryl methyl sites for hydroxylation is 1. The van der Waals surface area contributed by atoms with Crippen LogP contribution in [-0.4, -0.2) is 19.2 Å². The van der Waals surface area contributed by atoms with Crippen molar-refractivity contribution in [3.8, 4) is 0 Å². The summed E-state index contributed by atoms with van der Waals surface area (Å²) in [6.07, 6.45) is 0. The Morgan fingerprint density at radius 1 is 1.06 bits per heavy atom. The van der Waals surface area contributed by atoms with Gasteiger partial charge < -0.3 is 5.32 Å². The zero-order chi connectivity index (χ0) is 23.5.